The molecule has 0 N–H and O–H groups in total. The third kappa shape index (κ3) is 2.47. The fraction of sp³-hybridized carbons (Fsp3) is 0.250. The molecule has 0 saturated carbocycles. The molecule has 1 atom stereocenters. The summed E-state index contributed by atoms with van der Waals surface area (Å²) in [5.74, 6) is 0.815. The Morgan fingerprint density at radius 3 is 2.67 bits per heavy atom. The topological polar surface area (TPSA) is 30.7 Å². The first-order valence-electron chi connectivity index (χ1n) is 6.73. The van der Waals surface area contributed by atoms with E-state index in [-0.39, 0.29) is 5.38 Å². The molecule has 0 amide bonds. The van der Waals surface area contributed by atoms with Crippen LogP contribution in [-0.2, 0) is 0 Å². The van der Waals surface area contributed by atoms with Gasteiger partial charge in [-0.15, -0.1) is 11.6 Å². The molecule has 21 heavy (non-hydrogen) atoms. The summed E-state index contributed by atoms with van der Waals surface area (Å²) in [6, 6.07) is 8.14. The van der Waals surface area contributed by atoms with E-state index in [1.165, 1.54) is 0 Å². The standard InChI is InChI=1S/C16H15BrClN3/c1-9-4-5-12(17)8-13(9)21-15(11(3)18)20-14-10(2)6-7-19-16(14)21/h4-8,11H,1-3H3. The monoisotopic (exact) mass is 363 g/mol. The molecule has 0 aliphatic carbocycles. The molecule has 0 aliphatic rings. The van der Waals surface area contributed by atoms with Gasteiger partial charge >= 0.3 is 0 Å². The molecule has 1 unspecified atom stereocenters. The molecule has 0 spiro atoms. The second kappa shape index (κ2) is 5.43. The minimum atomic E-state index is -0.197. The fourth-order valence-electron chi connectivity index (χ4n) is 2.44. The molecule has 5 heteroatoms. The summed E-state index contributed by atoms with van der Waals surface area (Å²) in [5, 5.41) is -0.197. The van der Waals surface area contributed by atoms with Crippen molar-refractivity contribution in [3.63, 3.8) is 0 Å². The largest absolute Gasteiger partial charge is 0.279 e. The Kier molecular flexibility index (Phi) is 3.76. The molecule has 0 saturated heterocycles. The van der Waals surface area contributed by atoms with Crippen LogP contribution in [0.25, 0.3) is 16.9 Å². The van der Waals surface area contributed by atoms with Crippen molar-refractivity contribution >= 4 is 38.7 Å². The molecule has 0 radical (unpaired) electrons. The molecule has 0 aliphatic heterocycles. The van der Waals surface area contributed by atoms with E-state index >= 15 is 0 Å². The Balaban J connectivity index is 2.42. The van der Waals surface area contributed by atoms with E-state index in [1.807, 2.05) is 32.2 Å². The van der Waals surface area contributed by atoms with Gasteiger partial charge < -0.3 is 0 Å². The van der Waals surface area contributed by atoms with Crippen molar-refractivity contribution < 1.29 is 0 Å². The maximum Gasteiger partial charge on any atom is 0.164 e. The van der Waals surface area contributed by atoms with Crippen molar-refractivity contribution in [2.75, 3.05) is 0 Å². The van der Waals surface area contributed by atoms with Gasteiger partial charge in [0.1, 0.15) is 11.3 Å². The average Bonchev–Trinajstić information content (AvgIpc) is 2.82. The number of nitrogens with zero attached hydrogens (tertiary/aromatic N) is 3. The minimum absolute atomic E-state index is 0.197. The van der Waals surface area contributed by atoms with E-state index in [4.69, 9.17) is 16.6 Å². The number of benzene rings is 1. The maximum atomic E-state index is 6.35. The highest BCUT2D eigenvalue weighted by molar-refractivity contribution is 9.10. The van der Waals surface area contributed by atoms with Crippen LogP contribution in [0.1, 0.15) is 29.3 Å². The summed E-state index contributed by atoms with van der Waals surface area (Å²) in [6.07, 6.45) is 1.81. The molecule has 2 aromatic heterocycles. The Morgan fingerprint density at radius 2 is 1.95 bits per heavy atom. The first-order valence-corrected chi connectivity index (χ1v) is 7.96. The van der Waals surface area contributed by atoms with Crippen molar-refractivity contribution in [3.8, 4) is 5.69 Å². The number of alkyl halides is 1. The molecule has 3 aromatic rings. The van der Waals surface area contributed by atoms with Gasteiger partial charge in [-0.05, 0) is 50.1 Å². The highest BCUT2D eigenvalue weighted by Crippen LogP contribution is 2.30. The molecule has 0 bridgehead atoms. The quantitative estimate of drug-likeness (QED) is 0.592. The van der Waals surface area contributed by atoms with E-state index in [1.54, 1.807) is 0 Å². The molecule has 3 nitrogen and oxygen atoms in total. The Hall–Kier alpha value is -1.39. The zero-order valence-corrected chi connectivity index (χ0v) is 14.4. The van der Waals surface area contributed by atoms with Crippen LogP contribution in [0.5, 0.6) is 0 Å². The Bertz CT molecular complexity index is 824. The van der Waals surface area contributed by atoms with Crippen molar-refractivity contribution in [1.82, 2.24) is 14.5 Å². The predicted molar refractivity (Wildman–Crippen MR) is 90.3 cm³/mol. The molecule has 3 rings (SSSR count). The second-order valence-corrected chi connectivity index (χ2v) is 6.72. The van der Waals surface area contributed by atoms with E-state index in [9.17, 15) is 0 Å². The van der Waals surface area contributed by atoms with Crippen LogP contribution >= 0.6 is 27.5 Å². The SMILES string of the molecule is Cc1ccc(Br)cc1-n1c(C(C)Cl)nc2c(C)ccnc21. The Morgan fingerprint density at radius 1 is 1.19 bits per heavy atom. The summed E-state index contributed by atoms with van der Waals surface area (Å²) >= 11 is 9.89. The van der Waals surface area contributed by atoms with E-state index < -0.39 is 0 Å². The average molecular weight is 365 g/mol. The highest BCUT2D eigenvalue weighted by Gasteiger charge is 2.19. The first-order chi connectivity index (χ1) is 9.99. The predicted octanol–water partition coefficient (Wildman–Crippen LogP) is 5.10. The number of aryl methyl sites for hydroxylation is 2. The van der Waals surface area contributed by atoms with Crippen LogP contribution in [0.3, 0.4) is 0 Å². The maximum absolute atomic E-state index is 6.35. The van der Waals surface area contributed by atoms with Crippen molar-refractivity contribution in [1.29, 1.82) is 0 Å². The molecular formula is C16H15BrClN3. The summed E-state index contributed by atoms with van der Waals surface area (Å²) in [5.41, 5.74) is 5.05. The number of imidazole rings is 1. The van der Waals surface area contributed by atoms with Gasteiger partial charge in [-0.1, -0.05) is 22.0 Å². The normalized spacial score (nSPS) is 12.8. The van der Waals surface area contributed by atoms with Gasteiger partial charge in [-0.25, -0.2) is 9.97 Å². The minimum Gasteiger partial charge on any atom is -0.279 e. The lowest BCUT2D eigenvalue weighted by molar-refractivity contribution is 0.872. The van der Waals surface area contributed by atoms with Crippen molar-refractivity contribution in [2.45, 2.75) is 26.1 Å². The number of hydrogen-bond acceptors (Lipinski definition) is 2. The van der Waals surface area contributed by atoms with Gasteiger partial charge in [-0.2, -0.15) is 0 Å². The van der Waals surface area contributed by atoms with Gasteiger partial charge in [0.15, 0.2) is 5.65 Å². The zero-order chi connectivity index (χ0) is 15.1. The number of pyridine rings is 1. The van der Waals surface area contributed by atoms with Crippen molar-refractivity contribution in [2.24, 2.45) is 0 Å². The van der Waals surface area contributed by atoms with Crippen LogP contribution in [0.4, 0.5) is 0 Å². The van der Waals surface area contributed by atoms with E-state index in [0.29, 0.717) is 0 Å². The van der Waals surface area contributed by atoms with E-state index in [2.05, 4.69) is 44.5 Å². The van der Waals surface area contributed by atoms with Gasteiger partial charge in [0, 0.05) is 10.7 Å². The third-order valence-corrected chi connectivity index (χ3v) is 4.23. The highest BCUT2D eigenvalue weighted by atomic mass is 79.9. The third-order valence-electron chi connectivity index (χ3n) is 3.54. The van der Waals surface area contributed by atoms with Gasteiger partial charge in [0.2, 0.25) is 0 Å². The second-order valence-electron chi connectivity index (χ2n) is 5.15. The first kappa shape index (κ1) is 14.5. The van der Waals surface area contributed by atoms with Gasteiger partial charge in [0.05, 0.1) is 11.1 Å². The van der Waals surface area contributed by atoms with E-state index in [0.717, 1.165) is 38.3 Å². The summed E-state index contributed by atoms with van der Waals surface area (Å²) < 4.78 is 3.07. The zero-order valence-electron chi connectivity index (χ0n) is 12.1. The molecule has 108 valence electrons. The lowest BCUT2D eigenvalue weighted by atomic mass is 10.2. The Labute approximate surface area is 137 Å². The summed E-state index contributed by atoms with van der Waals surface area (Å²) in [6.45, 7) is 6.05. The number of aromatic nitrogens is 3. The van der Waals surface area contributed by atoms with Crippen LogP contribution < -0.4 is 0 Å². The fourth-order valence-corrected chi connectivity index (χ4v) is 2.93. The molecule has 1 aromatic carbocycles. The van der Waals surface area contributed by atoms with Crippen LogP contribution in [-0.4, -0.2) is 14.5 Å². The van der Waals surface area contributed by atoms with Gasteiger partial charge in [0.25, 0.3) is 0 Å². The smallest absolute Gasteiger partial charge is 0.164 e. The van der Waals surface area contributed by atoms with Gasteiger partial charge in [-0.3, -0.25) is 4.57 Å². The molecule has 0 fully saturated rings. The number of fused-ring (bicyclic) bond motifs is 1. The molecule has 2 heterocycles. The summed E-state index contributed by atoms with van der Waals surface area (Å²) in [7, 11) is 0. The molecular weight excluding hydrogens is 350 g/mol. The summed E-state index contributed by atoms with van der Waals surface area (Å²) in [4.78, 5) is 9.23. The number of hydrogen-bond donors (Lipinski definition) is 0. The van der Waals surface area contributed by atoms with Crippen molar-refractivity contribution in [3.05, 3.63) is 51.9 Å². The van der Waals surface area contributed by atoms with Crippen LogP contribution in [0.15, 0.2) is 34.9 Å². The number of halogens is 2. The lowest BCUT2D eigenvalue weighted by Crippen LogP contribution is -2.04. The lowest BCUT2D eigenvalue weighted by Gasteiger charge is -2.13. The van der Waals surface area contributed by atoms with Crippen LogP contribution in [0.2, 0.25) is 0 Å². The van der Waals surface area contributed by atoms with Crippen LogP contribution in [0, 0.1) is 13.8 Å². The number of rotatable bonds is 2.